The fourth-order valence-electron chi connectivity index (χ4n) is 1.11. The van der Waals surface area contributed by atoms with Crippen molar-refractivity contribution in [1.29, 1.82) is 0 Å². The molecule has 0 aliphatic rings. The van der Waals surface area contributed by atoms with Crippen molar-refractivity contribution < 1.29 is 4.84 Å². The third kappa shape index (κ3) is 4.08. The first kappa shape index (κ1) is 10.8. The summed E-state index contributed by atoms with van der Waals surface area (Å²) in [6.45, 7) is 4.68. The summed E-state index contributed by atoms with van der Waals surface area (Å²) in [6, 6.07) is 8.21. The Morgan fingerprint density at radius 2 is 2.29 bits per heavy atom. The highest BCUT2D eigenvalue weighted by Crippen LogP contribution is 2.05. The van der Waals surface area contributed by atoms with Crippen LogP contribution < -0.4 is 0 Å². The van der Waals surface area contributed by atoms with Gasteiger partial charge >= 0.3 is 0 Å². The Kier molecular flexibility index (Phi) is 4.76. The molecule has 0 atom stereocenters. The minimum atomic E-state index is 0.526. The molecular formula is C12H16NO. The summed E-state index contributed by atoms with van der Waals surface area (Å²) in [5.41, 5.74) is 2.39. The van der Waals surface area contributed by atoms with Crippen LogP contribution in [0, 0.1) is 6.92 Å². The lowest BCUT2D eigenvalue weighted by molar-refractivity contribution is 0.131. The predicted octanol–water partition coefficient (Wildman–Crippen LogP) is 3.17. The van der Waals surface area contributed by atoms with Crippen molar-refractivity contribution >= 4 is 6.21 Å². The molecule has 0 saturated heterocycles. The van der Waals surface area contributed by atoms with E-state index in [0.717, 1.165) is 18.4 Å². The van der Waals surface area contributed by atoms with Crippen molar-refractivity contribution in [3.8, 4) is 0 Å². The monoisotopic (exact) mass is 190 g/mol. The maximum absolute atomic E-state index is 5.09. The Balaban J connectivity index is 2.31. The molecule has 0 saturated carbocycles. The van der Waals surface area contributed by atoms with E-state index in [2.05, 4.69) is 37.4 Å². The second kappa shape index (κ2) is 6.19. The van der Waals surface area contributed by atoms with Crippen LogP contribution in [0.1, 0.15) is 30.9 Å². The summed E-state index contributed by atoms with van der Waals surface area (Å²) >= 11 is 0. The minimum Gasteiger partial charge on any atom is -0.391 e. The third-order valence-corrected chi connectivity index (χ3v) is 1.80. The molecule has 2 nitrogen and oxygen atoms in total. The molecule has 1 aromatic carbocycles. The van der Waals surface area contributed by atoms with Gasteiger partial charge < -0.3 is 4.84 Å². The molecule has 0 bridgehead atoms. The van der Waals surface area contributed by atoms with E-state index in [-0.39, 0.29) is 0 Å². The number of hydrogen-bond acceptors (Lipinski definition) is 2. The van der Waals surface area contributed by atoms with E-state index in [9.17, 15) is 0 Å². The van der Waals surface area contributed by atoms with Crippen LogP contribution >= 0.6 is 0 Å². The number of nitrogens with zero attached hydrogens (tertiary/aromatic N) is 1. The van der Waals surface area contributed by atoms with Crippen molar-refractivity contribution in [2.75, 3.05) is 0 Å². The summed E-state index contributed by atoms with van der Waals surface area (Å²) < 4.78 is 0. The van der Waals surface area contributed by atoms with E-state index >= 15 is 0 Å². The Hall–Kier alpha value is -1.31. The van der Waals surface area contributed by atoms with Crippen LogP contribution in [-0.2, 0) is 11.4 Å². The van der Waals surface area contributed by atoms with Gasteiger partial charge in [0.25, 0.3) is 0 Å². The lowest BCUT2D eigenvalue weighted by atomic mass is 10.1. The molecule has 14 heavy (non-hydrogen) atoms. The zero-order valence-corrected chi connectivity index (χ0v) is 8.79. The van der Waals surface area contributed by atoms with Crippen LogP contribution in [-0.4, -0.2) is 6.21 Å². The van der Waals surface area contributed by atoms with Gasteiger partial charge in [-0.15, -0.1) is 0 Å². The lowest BCUT2D eigenvalue weighted by Crippen LogP contribution is -1.87. The quantitative estimate of drug-likeness (QED) is 0.516. The van der Waals surface area contributed by atoms with Gasteiger partial charge in [-0.2, -0.15) is 0 Å². The van der Waals surface area contributed by atoms with Gasteiger partial charge in [0.1, 0.15) is 12.8 Å². The van der Waals surface area contributed by atoms with E-state index in [1.807, 2.05) is 12.1 Å². The van der Waals surface area contributed by atoms with Crippen molar-refractivity contribution in [1.82, 2.24) is 0 Å². The van der Waals surface area contributed by atoms with E-state index in [4.69, 9.17) is 4.84 Å². The molecule has 0 amide bonds. The molecule has 75 valence electrons. The molecule has 0 fully saturated rings. The summed E-state index contributed by atoms with van der Waals surface area (Å²) in [7, 11) is 0. The van der Waals surface area contributed by atoms with Gasteiger partial charge in [-0.25, -0.2) is 0 Å². The maximum Gasteiger partial charge on any atom is 0.142 e. The molecule has 2 heteroatoms. The number of benzene rings is 1. The lowest BCUT2D eigenvalue weighted by Gasteiger charge is -2.00. The SMILES string of the molecule is CCC/[C]=N/OCc1cccc(C)c1. The highest BCUT2D eigenvalue weighted by molar-refractivity contribution is 5.55. The molecular weight excluding hydrogens is 174 g/mol. The van der Waals surface area contributed by atoms with Gasteiger partial charge in [0, 0.05) is 0 Å². The van der Waals surface area contributed by atoms with Crippen molar-refractivity contribution in [3.63, 3.8) is 0 Å². The van der Waals surface area contributed by atoms with Crippen LogP contribution in [0.5, 0.6) is 0 Å². The maximum atomic E-state index is 5.09. The highest BCUT2D eigenvalue weighted by Gasteiger charge is 1.91. The largest absolute Gasteiger partial charge is 0.391 e. The van der Waals surface area contributed by atoms with Crippen molar-refractivity contribution in [2.45, 2.75) is 33.3 Å². The number of aryl methyl sites for hydroxylation is 1. The molecule has 1 rings (SSSR count). The van der Waals surface area contributed by atoms with E-state index in [1.54, 1.807) is 0 Å². The zero-order valence-electron chi connectivity index (χ0n) is 8.79. The third-order valence-electron chi connectivity index (χ3n) is 1.80. The Morgan fingerprint density at radius 3 is 3.00 bits per heavy atom. The van der Waals surface area contributed by atoms with Crippen LogP contribution in [0.25, 0.3) is 0 Å². The molecule has 0 aliphatic heterocycles. The smallest absolute Gasteiger partial charge is 0.142 e. The Labute approximate surface area is 85.6 Å². The van der Waals surface area contributed by atoms with E-state index in [1.165, 1.54) is 5.56 Å². The van der Waals surface area contributed by atoms with Gasteiger partial charge in [-0.05, 0) is 18.9 Å². The standard InChI is InChI=1S/C12H16NO/c1-3-4-8-13-14-10-12-7-5-6-11(2)9-12/h5-7,9H,3-4,10H2,1-2H3. The van der Waals surface area contributed by atoms with E-state index < -0.39 is 0 Å². The molecule has 0 spiro atoms. The Morgan fingerprint density at radius 1 is 1.43 bits per heavy atom. The molecule has 0 unspecified atom stereocenters. The van der Waals surface area contributed by atoms with E-state index in [0.29, 0.717) is 6.61 Å². The summed E-state index contributed by atoms with van der Waals surface area (Å²) in [4.78, 5) is 5.09. The predicted molar refractivity (Wildman–Crippen MR) is 58.3 cm³/mol. The van der Waals surface area contributed by atoms with Crippen LogP contribution in [0.15, 0.2) is 29.4 Å². The number of unbranched alkanes of at least 4 members (excludes halogenated alkanes) is 1. The van der Waals surface area contributed by atoms with Crippen molar-refractivity contribution in [3.05, 3.63) is 35.4 Å². The van der Waals surface area contributed by atoms with Crippen molar-refractivity contribution in [2.24, 2.45) is 5.16 Å². The first-order valence-electron chi connectivity index (χ1n) is 4.93. The summed E-state index contributed by atoms with van der Waals surface area (Å²) in [6.07, 6.45) is 4.73. The summed E-state index contributed by atoms with van der Waals surface area (Å²) in [5, 5.41) is 3.74. The average Bonchev–Trinajstić information content (AvgIpc) is 2.18. The van der Waals surface area contributed by atoms with Gasteiger partial charge in [0.15, 0.2) is 0 Å². The van der Waals surface area contributed by atoms with Gasteiger partial charge in [-0.3, -0.25) is 0 Å². The topological polar surface area (TPSA) is 21.6 Å². The second-order valence-electron chi connectivity index (χ2n) is 3.26. The average molecular weight is 190 g/mol. The van der Waals surface area contributed by atoms with Crippen LogP contribution in [0.4, 0.5) is 0 Å². The molecule has 0 heterocycles. The number of rotatable bonds is 5. The fraction of sp³-hybridized carbons (Fsp3) is 0.417. The molecule has 1 radical (unpaired) electrons. The highest BCUT2D eigenvalue weighted by atomic mass is 16.6. The first-order chi connectivity index (χ1) is 6.83. The first-order valence-corrected chi connectivity index (χ1v) is 4.93. The van der Waals surface area contributed by atoms with Gasteiger partial charge in [0.05, 0.1) is 0 Å². The Bertz CT molecular complexity index is 294. The second-order valence-corrected chi connectivity index (χ2v) is 3.26. The van der Waals surface area contributed by atoms with Crippen LogP contribution in [0.2, 0.25) is 0 Å². The van der Waals surface area contributed by atoms with Gasteiger partial charge in [-0.1, -0.05) is 48.3 Å². The zero-order chi connectivity index (χ0) is 10.2. The molecule has 0 aromatic heterocycles. The summed E-state index contributed by atoms with van der Waals surface area (Å²) in [5.74, 6) is 0. The fourth-order valence-corrected chi connectivity index (χ4v) is 1.11. The normalized spacial score (nSPS) is 10.7. The minimum absolute atomic E-state index is 0.526. The molecule has 0 aliphatic carbocycles. The van der Waals surface area contributed by atoms with Crippen LogP contribution in [0.3, 0.4) is 0 Å². The molecule has 0 N–H and O–H groups in total. The molecule has 1 aromatic rings. The van der Waals surface area contributed by atoms with Gasteiger partial charge in [0.2, 0.25) is 0 Å². The number of hydrogen-bond donors (Lipinski definition) is 0.